The van der Waals surface area contributed by atoms with Crippen molar-refractivity contribution in [2.24, 2.45) is 0 Å². The van der Waals surface area contributed by atoms with Crippen LogP contribution in [0, 0.1) is 0 Å². The van der Waals surface area contributed by atoms with E-state index in [0.29, 0.717) is 5.69 Å². The zero-order chi connectivity index (χ0) is 24.4. The van der Waals surface area contributed by atoms with Gasteiger partial charge < -0.3 is 15.2 Å². The standard InChI is InChI=1S/C26H19N3O5S/c30-23(28-16-11-9-15(10-12-16)24(31)32)22-13-27-25(35-22)29-26(33)34-14-21-19-7-3-1-5-17(19)18-6-2-4-8-20(18)21/h1-13,21H,14H2,(H,28,30)(H,31,32)(H,27,29,33). The largest absolute Gasteiger partial charge is 0.478 e. The van der Waals surface area contributed by atoms with E-state index in [1.165, 1.54) is 30.5 Å². The first-order valence-electron chi connectivity index (χ1n) is 10.7. The first kappa shape index (κ1) is 22.3. The van der Waals surface area contributed by atoms with Crippen LogP contribution in [0.2, 0.25) is 0 Å². The number of aromatic carboxylic acids is 1. The lowest BCUT2D eigenvalue weighted by atomic mass is 9.98. The van der Waals surface area contributed by atoms with Crippen molar-refractivity contribution in [1.29, 1.82) is 0 Å². The number of nitrogens with zero attached hydrogens (tertiary/aromatic N) is 1. The van der Waals surface area contributed by atoms with E-state index >= 15 is 0 Å². The number of anilines is 2. The van der Waals surface area contributed by atoms with Gasteiger partial charge in [0, 0.05) is 11.6 Å². The van der Waals surface area contributed by atoms with Crippen LogP contribution >= 0.6 is 11.3 Å². The number of fused-ring (bicyclic) bond motifs is 3. The topological polar surface area (TPSA) is 118 Å². The average molecular weight is 486 g/mol. The Kier molecular flexibility index (Phi) is 5.99. The number of carbonyl (C=O) groups is 3. The number of hydrogen-bond acceptors (Lipinski definition) is 6. The van der Waals surface area contributed by atoms with Gasteiger partial charge in [-0.1, -0.05) is 59.9 Å². The van der Waals surface area contributed by atoms with Crippen LogP contribution in [-0.2, 0) is 4.74 Å². The third-order valence-electron chi connectivity index (χ3n) is 5.67. The lowest BCUT2D eigenvalue weighted by Crippen LogP contribution is -2.17. The van der Waals surface area contributed by atoms with Crippen LogP contribution in [0.4, 0.5) is 15.6 Å². The number of ether oxygens (including phenoxy) is 1. The highest BCUT2D eigenvalue weighted by Gasteiger charge is 2.29. The third kappa shape index (κ3) is 4.62. The number of nitrogens with one attached hydrogen (secondary N) is 2. The summed E-state index contributed by atoms with van der Waals surface area (Å²) < 4.78 is 5.51. The molecule has 4 aromatic rings. The quantitative estimate of drug-likeness (QED) is 0.334. The molecule has 9 heteroatoms. The summed E-state index contributed by atoms with van der Waals surface area (Å²) in [6, 6.07) is 21.9. The van der Waals surface area contributed by atoms with Gasteiger partial charge in [-0.15, -0.1) is 0 Å². The fourth-order valence-electron chi connectivity index (χ4n) is 4.05. The van der Waals surface area contributed by atoms with Crippen molar-refractivity contribution in [2.75, 3.05) is 17.2 Å². The minimum absolute atomic E-state index is 0.0571. The summed E-state index contributed by atoms with van der Waals surface area (Å²) in [6.07, 6.45) is 0.697. The Labute approximate surface area is 204 Å². The molecule has 3 aromatic carbocycles. The van der Waals surface area contributed by atoms with Crippen molar-refractivity contribution in [3.8, 4) is 11.1 Å². The zero-order valence-electron chi connectivity index (χ0n) is 18.2. The molecule has 0 fully saturated rings. The molecule has 1 aliphatic rings. The van der Waals surface area contributed by atoms with Crippen molar-refractivity contribution in [1.82, 2.24) is 4.98 Å². The zero-order valence-corrected chi connectivity index (χ0v) is 19.0. The number of hydrogen-bond donors (Lipinski definition) is 3. The molecule has 0 saturated carbocycles. The minimum atomic E-state index is -1.05. The number of amides is 2. The fourth-order valence-corrected chi connectivity index (χ4v) is 4.74. The second-order valence-electron chi connectivity index (χ2n) is 7.82. The van der Waals surface area contributed by atoms with Gasteiger partial charge in [0.15, 0.2) is 5.13 Å². The molecule has 0 unspecified atom stereocenters. The van der Waals surface area contributed by atoms with Crippen LogP contribution in [0.1, 0.15) is 37.1 Å². The van der Waals surface area contributed by atoms with Crippen molar-refractivity contribution < 1.29 is 24.2 Å². The normalized spacial score (nSPS) is 11.9. The highest BCUT2D eigenvalue weighted by molar-refractivity contribution is 7.17. The number of carboxylic acids is 1. The number of benzene rings is 3. The van der Waals surface area contributed by atoms with E-state index in [2.05, 4.69) is 27.8 Å². The van der Waals surface area contributed by atoms with E-state index in [-0.39, 0.29) is 28.1 Å². The molecule has 1 heterocycles. The Morgan fingerprint density at radius 3 is 2.14 bits per heavy atom. The van der Waals surface area contributed by atoms with Gasteiger partial charge in [0.25, 0.3) is 5.91 Å². The summed E-state index contributed by atoms with van der Waals surface area (Å²) >= 11 is 1.00. The molecule has 1 aliphatic carbocycles. The molecule has 174 valence electrons. The highest BCUT2D eigenvalue weighted by Crippen LogP contribution is 2.44. The maximum absolute atomic E-state index is 12.5. The van der Waals surface area contributed by atoms with Crippen LogP contribution in [0.5, 0.6) is 0 Å². The van der Waals surface area contributed by atoms with Gasteiger partial charge in [0.2, 0.25) is 0 Å². The predicted molar refractivity (Wildman–Crippen MR) is 132 cm³/mol. The highest BCUT2D eigenvalue weighted by atomic mass is 32.1. The summed E-state index contributed by atoms with van der Waals surface area (Å²) in [5.41, 5.74) is 5.09. The van der Waals surface area contributed by atoms with Gasteiger partial charge in [-0.2, -0.15) is 0 Å². The number of rotatable bonds is 6. The van der Waals surface area contributed by atoms with Crippen molar-refractivity contribution in [3.05, 3.63) is 101 Å². The molecule has 0 aliphatic heterocycles. The van der Waals surface area contributed by atoms with Crippen molar-refractivity contribution >= 4 is 40.1 Å². The molecular weight excluding hydrogens is 466 g/mol. The number of thiazole rings is 1. The molecular formula is C26H19N3O5S. The van der Waals surface area contributed by atoms with Crippen molar-refractivity contribution in [2.45, 2.75) is 5.92 Å². The maximum atomic E-state index is 12.5. The van der Waals surface area contributed by atoms with Gasteiger partial charge in [-0.3, -0.25) is 10.1 Å². The first-order valence-corrected chi connectivity index (χ1v) is 11.5. The Hall–Kier alpha value is -4.50. The Morgan fingerprint density at radius 2 is 1.51 bits per heavy atom. The van der Waals surface area contributed by atoms with E-state index in [0.717, 1.165) is 33.6 Å². The summed E-state index contributed by atoms with van der Waals surface area (Å²) in [5.74, 6) is -1.53. The smallest absolute Gasteiger partial charge is 0.413 e. The molecule has 1 aromatic heterocycles. The minimum Gasteiger partial charge on any atom is -0.478 e. The van der Waals surface area contributed by atoms with Crippen LogP contribution in [0.3, 0.4) is 0 Å². The van der Waals surface area contributed by atoms with E-state index in [4.69, 9.17) is 9.84 Å². The summed E-state index contributed by atoms with van der Waals surface area (Å²) in [5, 5.41) is 14.4. The second-order valence-corrected chi connectivity index (χ2v) is 8.85. The number of carbonyl (C=O) groups excluding carboxylic acids is 2. The average Bonchev–Trinajstić information content (AvgIpc) is 3.46. The maximum Gasteiger partial charge on any atom is 0.413 e. The molecule has 3 N–H and O–H groups in total. The monoisotopic (exact) mass is 485 g/mol. The van der Waals surface area contributed by atoms with Crippen molar-refractivity contribution in [3.63, 3.8) is 0 Å². The molecule has 0 spiro atoms. The van der Waals surface area contributed by atoms with Gasteiger partial charge in [-0.25, -0.2) is 14.6 Å². The number of carboxylic acid groups (broad SMARTS) is 1. The Bertz CT molecular complexity index is 1390. The summed E-state index contributed by atoms with van der Waals surface area (Å²) in [7, 11) is 0. The van der Waals surface area contributed by atoms with Crippen LogP contribution in [0.15, 0.2) is 79.0 Å². The molecule has 5 rings (SSSR count). The van der Waals surface area contributed by atoms with Gasteiger partial charge in [0.05, 0.1) is 11.8 Å². The molecule has 0 bridgehead atoms. The van der Waals surface area contributed by atoms with E-state index in [9.17, 15) is 14.4 Å². The Balaban J connectivity index is 1.19. The number of aromatic nitrogens is 1. The Morgan fingerprint density at radius 1 is 0.886 bits per heavy atom. The lowest BCUT2D eigenvalue weighted by Gasteiger charge is -2.14. The molecule has 8 nitrogen and oxygen atoms in total. The van der Waals surface area contributed by atoms with Crippen LogP contribution < -0.4 is 10.6 Å². The molecule has 35 heavy (non-hydrogen) atoms. The second kappa shape index (κ2) is 9.40. The first-order chi connectivity index (χ1) is 17.0. The predicted octanol–water partition coefficient (Wildman–Crippen LogP) is 5.45. The van der Waals surface area contributed by atoms with Gasteiger partial charge in [0.1, 0.15) is 11.5 Å². The SMILES string of the molecule is O=C(Nc1ncc(C(=O)Nc2ccc(C(=O)O)cc2)s1)OCC1c2ccccc2-c2ccccc21. The van der Waals surface area contributed by atoms with Crippen LogP contribution in [0.25, 0.3) is 11.1 Å². The summed E-state index contributed by atoms with van der Waals surface area (Å²) in [6.45, 7) is 0.172. The molecule has 0 saturated heterocycles. The van der Waals surface area contributed by atoms with Gasteiger partial charge >= 0.3 is 12.1 Å². The molecule has 0 atom stereocenters. The third-order valence-corrected chi connectivity index (χ3v) is 6.58. The van der Waals surface area contributed by atoms with E-state index in [1.807, 2.05) is 36.4 Å². The molecule has 0 radical (unpaired) electrons. The van der Waals surface area contributed by atoms with E-state index < -0.39 is 18.0 Å². The fraction of sp³-hybridized carbons (Fsp3) is 0.0769. The summed E-state index contributed by atoms with van der Waals surface area (Å²) in [4.78, 5) is 40.2. The van der Waals surface area contributed by atoms with Crippen LogP contribution in [-0.4, -0.2) is 34.7 Å². The lowest BCUT2D eigenvalue weighted by molar-refractivity contribution is 0.0696. The van der Waals surface area contributed by atoms with E-state index in [1.54, 1.807) is 0 Å². The van der Waals surface area contributed by atoms with Gasteiger partial charge in [-0.05, 0) is 46.5 Å². The molecule has 2 amide bonds.